The van der Waals surface area contributed by atoms with Crippen LogP contribution in [0.15, 0.2) is 85.2 Å². The first-order valence-electron chi connectivity index (χ1n) is 11.3. The number of hydrogen-bond donors (Lipinski definition) is 0. The minimum Gasteiger partial charge on any atom is -0.294 e. The molecule has 0 amide bonds. The molecule has 0 aliphatic carbocycles. The summed E-state index contributed by atoms with van der Waals surface area (Å²) in [6.07, 6.45) is -7.12. The molecular weight excluding hydrogens is 564 g/mol. The number of carbonyl (C=O) groups excluding carboxylic acids is 3. The van der Waals surface area contributed by atoms with Gasteiger partial charge in [-0.3, -0.25) is 14.4 Å². The van der Waals surface area contributed by atoms with Crippen molar-refractivity contribution >= 4 is 17.3 Å². The van der Waals surface area contributed by atoms with E-state index in [-0.39, 0.29) is 17.5 Å². The van der Waals surface area contributed by atoms with E-state index in [1.165, 1.54) is 24.4 Å². The summed E-state index contributed by atoms with van der Waals surface area (Å²) in [7, 11) is 0. The number of hydrogen-bond acceptors (Lipinski definition) is 5. The Hall–Kier alpha value is -4.81. The topological polar surface area (TPSA) is 77.0 Å². The van der Waals surface area contributed by atoms with Crippen molar-refractivity contribution in [2.24, 2.45) is 0 Å². The van der Waals surface area contributed by atoms with Gasteiger partial charge in [0.1, 0.15) is 0 Å². The maximum Gasteiger partial charge on any atom is 0.416 e. The second-order valence-electron chi connectivity index (χ2n) is 8.27. The Morgan fingerprint density at radius 3 is 1.56 bits per heavy atom. The molecule has 0 spiro atoms. The molecule has 0 saturated heterocycles. The van der Waals surface area contributed by atoms with Crippen LogP contribution < -0.4 is 0 Å². The maximum atomic E-state index is 12.9. The van der Waals surface area contributed by atoms with Gasteiger partial charge in [-0.2, -0.15) is 35.1 Å². The normalized spacial score (nSPS) is 11.3. The van der Waals surface area contributed by atoms with E-state index in [1.807, 2.05) is 0 Å². The highest BCUT2D eigenvalue weighted by Crippen LogP contribution is 2.30. The van der Waals surface area contributed by atoms with Crippen LogP contribution in [0.25, 0.3) is 0 Å². The molecule has 2 aromatic carbocycles. The van der Waals surface area contributed by atoms with Crippen molar-refractivity contribution in [1.82, 2.24) is 9.97 Å². The summed E-state index contributed by atoms with van der Waals surface area (Å²) in [4.78, 5) is 42.2. The van der Waals surface area contributed by atoms with E-state index in [0.29, 0.717) is 11.6 Å². The molecule has 0 saturated carbocycles. The lowest BCUT2D eigenvalue weighted by atomic mass is 10.0. The molecule has 4 aromatic rings. The van der Waals surface area contributed by atoms with Crippen molar-refractivity contribution < 1.29 is 49.5 Å². The van der Waals surface area contributed by atoms with Crippen LogP contribution in [0.5, 0.6) is 0 Å². The fraction of sp³-hybridized carbons (Fsp3) is 0.107. The molecule has 4 rings (SSSR count). The average molecular weight is 580 g/mol. The quantitative estimate of drug-likeness (QED) is 0.107. The molecule has 2 aromatic heterocycles. The molecule has 212 valence electrons. The number of rotatable bonds is 6. The van der Waals surface area contributed by atoms with Gasteiger partial charge in [-0.15, -0.1) is 0 Å². The number of pyridine rings is 2. The van der Waals surface area contributed by atoms with E-state index < -0.39 is 58.3 Å². The highest BCUT2D eigenvalue weighted by Gasteiger charge is 2.32. The smallest absolute Gasteiger partial charge is 0.294 e. The molecule has 13 heteroatoms. The van der Waals surface area contributed by atoms with Crippen LogP contribution in [0.3, 0.4) is 0 Å². The van der Waals surface area contributed by atoms with Gasteiger partial charge in [0.05, 0.1) is 11.1 Å². The molecule has 0 aliphatic heterocycles. The van der Waals surface area contributed by atoms with E-state index in [2.05, 4.69) is 9.97 Å². The van der Waals surface area contributed by atoms with E-state index in [1.54, 1.807) is 0 Å². The predicted molar refractivity (Wildman–Crippen MR) is 128 cm³/mol. The number of alkyl halides is 6. The van der Waals surface area contributed by atoms with E-state index in [0.717, 1.165) is 54.7 Å². The van der Waals surface area contributed by atoms with Crippen LogP contribution in [0, 0.1) is 11.9 Å². The molecule has 41 heavy (non-hydrogen) atoms. The van der Waals surface area contributed by atoms with Crippen molar-refractivity contribution in [2.45, 2.75) is 18.8 Å². The summed E-state index contributed by atoms with van der Waals surface area (Å²) in [5.74, 6) is -4.46. The second-order valence-corrected chi connectivity index (χ2v) is 8.27. The van der Waals surface area contributed by atoms with Crippen molar-refractivity contribution in [3.05, 3.63) is 130 Å². The molecule has 2 heterocycles. The largest absolute Gasteiger partial charge is 0.416 e. The highest BCUT2D eigenvalue weighted by molar-refractivity contribution is 6.49. The van der Waals surface area contributed by atoms with Gasteiger partial charge in [0.15, 0.2) is 5.78 Å². The third kappa shape index (κ3) is 8.59. The van der Waals surface area contributed by atoms with Gasteiger partial charge in [0.25, 0.3) is 0 Å². The fourth-order valence-corrected chi connectivity index (χ4v) is 3.35. The second kappa shape index (κ2) is 12.6. The standard InChI is InChI=1S/C14H7F4NO2.C14H9F4NO/c15-11-7-9(4-5-19-11)13(21)12(20)8-2-1-3-10(6-8)14(16,17)18;15-13-7-9(4-5-19-13)6-12(20)10-2-1-3-11(8-10)14(16,17)18/h1-7H;1-5,7-8H,6H2. The molecular formula is C28H16F8N2O3. The lowest BCUT2D eigenvalue weighted by molar-refractivity contribution is -0.138. The van der Waals surface area contributed by atoms with Crippen LogP contribution in [-0.2, 0) is 18.8 Å². The monoisotopic (exact) mass is 580 g/mol. The summed E-state index contributed by atoms with van der Waals surface area (Å²) in [6.45, 7) is 0. The summed E-state index contributed by atoms with van der Waals surface area (Å²) in [5.41, 5.74) is -2.31. The zero-order valence-electron chi connectivity index (χ0n) is 20.4. The van der Waals surface area contributed by atoms with Gasteiger partial charge >= 0.3 is 12.4 Å². The Morgan fingerprint density at radius 1 is 0.585 bits per heavy atom. The number of halogens is 8. The van der Waals surface area contributed by atoms with E-state index >= 15 is 0 Å². The number of Topliss-reactive ketones (excluding diaryl/α,β-unsaturated/α-hetero) is 3. The zero-order valence-corrected chi connectivity index (χ0v) is 20.4. The first-order valence-corrected chi connectivity index (χ1v) is 11.3. The molecule has 0 radical (unpaired) electrons. The van der Waals surface area contributed by atoms with Crippen molar-refractivity contribution in [3.63, 3.8) is 0 Å². The molecule has 0 unspecified atom stereocenters. The molecule has 0 bridgehead atoms. The third-order valence-corrected chi connectivity index (χ3v) is 5.31. The Morgan fingerprint density at radius 2 is 1.05 bits per heavy atom. The molecule has 0 atom stereocenters. The van der Waals surface area contributed by atoms with Gasteiger partial charge in [0.2, 0.25) is 23.5 Å². The van der Waals surface area contributed by atoms with Crippen LogP contribution >= 0.6 is 0 Å². The molecule has 0 fully saturated rings. The molecule has 5 nitrogen and oxygen atoms in total. The Kier molecular flexibility index (Phi) is 9.43. The first-order chi connectivity index (χ1) is 19.1. The Bertz CT molecular complexity index is 1580. The van der Waals surface area contributed by atoms with Crippen molar-refractivity contribution in [1.29, 1.82) is 0 Å². The van der Waals surface area contributed by atoms with Gasteiger partial charge < -0.3 is 0 Å². The number of ketones is 3. The predicted octanol–water partition coefficient (Wildman–Crippen LogP) is 6.97. The lowest BCUT2D eigenvalue weighted by Gasteiger charge is -2.08. The number of aromatic nitrogens is 2. The molecule has 0 N–H and O–H groups in total. The van der Waals surface area contributed by atoms with Crippen LogP contribution in [0.4, 0.5) is 35.1 Å². The minimum absolute atomic E-state index is 0.0583. The Labute approximate surface area is 226 Å². The minimum atomic E-state index is -4.62. The highest BCUT2D eigenvalue weighted by atomic mass is 19.4. The number of nitrogens with zero attached hydrogens (tertiary/aromatic N) is 2. The summed E-state index contributed by atoms with van der Waals surface area (Å²) in [6, 6.07) is 12.0. The van der Waals surface area contributed by atoms with Gasteiger partial charge in [-0.05, 0) is 48.0 Å². The van der Waals surface area contributed by atoms with Crippen molar-refractivity contribution in [2.75, 3.05) is 0 Å². The van der Waals surface area contributed by atoms with Gasteiger partial charge in [0, 0.05) is 41.6 Å². The average Bonchev–Trinajstić information content (AvgIpc) is 2.92. The summed E-state index contributed by atoms with van der Waals surface area (Å²) < 4.78 is 101. The van der Waals surface area contributed by atoms with Crippen molar-refractivity contribution in [3.8, 4) is 0 Å². The third-order valence-electron chi connectivity index (χ3n) is 5.31. The SMILES string of the molecule is O=C(C(=O)c1ccnc(F)c1)c1cccc(C(F)(F)F)c1.O=C(Cc1ccnc(F)c1)c1cccc(C(F)(F)F)c1. The van der Waals surface area contributed by atoms with Gasteiger partial charge in [-0.25, -0.2) is 9.97 Å². The van der Waals surface area contributed by atoms with Crippen LogP contribution in [-0.4, -0.2) is 27.3 Å². The van der Waals surface area contributed by atoms with E-state index in [4.69, 9.17) is 0 Å². The first kappa shape index (κ1) is 30.7. The fourth-order valence-electron chi connectivity index (χ4n) is 3.35. The van der Waals surface area contributed by atoms with Gasteiger partial charge in [-0.1, -0.05) is 24.3 Å². The zero-order chi connectivity index (χ0) is 30.4. The number of benzene rings is 2. The maximum absolute atomic E-state index is 12.9. The Balaban J connectivity index is 0.000000226. The summed E-state index contributed by atoms with van der Waals surface area (Å²) >= 11 is 0. The van der Waals surface area contributed by atoms with E-state index in [9.17, 15) is 49.5 Å². The van der Waals surface area contributed by atoms with Crippen LogP contribution in [0.1, 0.15) is 47.8 Å². The summed E-state index contributed by atoms with van der Waals surface area (Å²) in [5, 5.41) is 0. The lowest BCUT2D eigenvalue weighted by Crippen LogP contribution is -2.16. The number of carbonyl (C=O) groups is 3. The molecule has 0 aliphatic rings. The van der Waals surface area contributed by atoms with Crippen LogP contribution in [0.2, 0.25) is 0 Å².